The van der Waals surface area contributed by atoms with Crippen molar-refractivity contribution in [2.75, 3.05) is 11.9 Å². The molecule has 4 nitrogen and oxygen atoms in total. The summed E-state index contributed by atoms with van der Waals surface area (Å²) < 4.78 is 1.05. The van der Waals surface area contributed by atoms with Gasteiger partial charge in [-0.2, -0.15) is 5.10 Å². The van der Waals surface area contributed by atoms with E-state index in [2.05, 4.69) is 70.9 Å². The van der Waals surface area contributed by atoms with E-state index in [1.807, 2.05) is 30.1 Å². The second-order valence-corrected chi connectivity index (χ2v) is 8.45. The Hall–Kier alpha value is -1.89. The molecule has 2 aromatic carbocycles. The molecular weight excluding hydrogens is 437 g/mol. The minimum Gasteiger partial charge on any atom is -0.315 e. The number of H-pyrrole nitrogens is 1. The SMILES string of the molecule is CC(C)c1ccccc1N(C)C(=O)[C@@H]1C[C@H]1c1ccc2c(I)[nH]nc2c1. The molecule has 4 rings (SSSR count). The number of para-hydroxylation sites is 1. The van der Waals surface area contributed by atoms with Crippen molar-refractivity contribution in [1.29, 1.82) is 0 Å². The zero-order valence-corrected chi connectivity index (χ0v) is 17.3. The molecule has 5 heteroatoms. The van der Waals surface area contributed by atoms with Crippen LogP contribution in [0.4, 0.5) is 5.69 Å². The highest BCUT2D eigenvalue weighted by molar-refractivity contribution is 14.1. The van der Waals surface area contributed by atoms with Crippen molar-refractivity contribution < 1.29 is 4.79 Å². The number of carbonyl (C=O) groups is 1. The number of aromatic nitrogens is 2. The maximum absolute atomic E-state index is 13.0. The third kappa shape index (κ3) is 3.02. The molecular formula is C21H22IN3O. The van der Waals surface area contributed by atoms with Crippen LogP contribution in [0, 0.1) is 9.62 Å². The van der Waals surface area contributed by atoms with E-state index in [4.69, 9.17) is 0 Å². The molecule has 0 bridgehead atoms. The van der Waals surface area contributed by atoms with Crippen LogP contribution in [0.5, 0.6) is 0 Å². The van der Waals surface area contributed by atoms with Crippen molar-refractivity contribution >= 4 is 45.1 Å². The predicted octanol–water partition coefficient (Wildman–Crippen LogP) is 5.06. The quantitative estimate of drug-likeness (QED) is 0.555. The Bertz CT molecular complexity index is 978. The lowest BCUT2D eigenvalue weighted by Crippen LogP contribution is -2.29. The van der Waals surface area contributed by atoms with E-state index in [-0.39, 0.29) is 11.8 Å². The van der Waals surface area contributed by atoms with E-state index in [1.54, 1.807) is 0 Å². The van der Waals surface area contributed by atoms with Gasteiger partial charge in [0.25, 0.3) is 0 Å². The van der Waals surface area contributed by atoms with Crippen molar-refractivity contribution in [3.8, 4) is 0 Å². The molecule has 2 atom stereocenters. The molecule has 1 amide bonds. The number of fused-ring (bicyclic) bond motifs is 1. The summed E-state index contributed by atoms with van der Waals surface area (Å²) in [4.78, 5) is 14.9. The molecule has 26 heavy (non-hydrogen) atoms. The maximum Gasteiger partial charge on any atom is 0.230 e. The van der Waals surface area contributed by atoms with E-state index in [0.29, 0.717) is 11.8 Å². The second kappa shape index (κ2) is 6.68. The number of hydrogen-bond donors (Lipinski definition) is 1. The molecule has 0 unspecified atom stereocenters. The zero-order valence-electron chi connectivity index (χ0n) is 15.2. The van der Waals surface area contributed by atoms with Gasteiger partial charge in [0.1, 0.15) is 3.70 Å². The van der Waals surface area contributed by atoms with Gasteiger partial charge in [0, 0.05) is 24.0 Å². The van der Waals surface area contributed by atoms with Crippen molar-refractivity contribution in [1.82, 2.24) is 10.2 Å². The van der Waals surface area contributed by atoms with Gasteiger partial charge in [0.15, 0.2) is 0 Å². The highest BCUT2D eigenvalue weighted by Crippen LogP contribution is 2.49. The largest absolute Gasteiger partial charge is 0.315 e. The van der Waals surface area contributed by atoms with Crippen LogP contribution in [-0.4, -0.2) is 23.2 Å². The Morgan fingerprint density at radius 2 is 2.04 bits per heavy atom. The first-order valence-corrected chi connectivity index (χ1v) is 10.0. The van der Waals surface area contributed by atoms with E-state index < -0.39 is 0 Å². The van der Waals surface area contributed by atoms with Crippen LogP contribution in [0.2, 0.25) is 0 Å². The molecule has 0 radical (unpaired) electrons. The molecule has 0 aliphatic heterocycles. The van der Waals surface area contributed by atoms with E-state index in [0.717, 1.165) is 26.7 Å². The highest BCUT2D eigenvalue weighted by Gasteiger charge is 2.45. The summed E-state index contributed by atoms with van der Waals surface area (Å²) in [5.74, 6) is 0.964. The van der Waals surface area contributed by atoms with Crippen LogP contribution in [0.3, 0.4) is 0 Å². The third-order valence-corrected chi connectivity index (χ3v) is 6.14. The highest BCUT2D eigenvalue weighted by atomic mass is 127. The first-order chi connectivity index (χ1) is 12.5. The predicted molar refractivity (Wildman–Crippen MR) is 114 cm³/mol. The monoisotopic (exact) mass is 459 g/mol. The van der Waals surface area contributed by atoms with Crippen molar-refractivity contribution in [3.63, 3.8) is 0 Å². The van der Waals surface area contributed by atoms with Crippen molar-refractivity contribution in [2.24, 2.45) is 5.92 Å². The van der Waals surface area contributed by atoms with Gasteiger partial charge in [0.2, 0.25) is 5.91 Å². The standard InChI is InChI=1S/C21H22IN3O/c1-12(2)14-6-4-5-7-19(14)25(3)21(26)17-11-16(17)13-8-9-15-18(10-13)23-24-20(15)22/h4-10,12,16-17H,11H2,1-3H3,(H,23,24)/t16-,17+/m0/s1. The summed E-state index contributed by atoms with van der Waals surface area (Å²) in [6.07, 6.45) is 0.917. The lowest BCUT2D eigenvalue weighted by molar-refractivity contribution is -0.119. The molecule has 0 spiro atoms. The number of hydrogen-bond acceptors (Lipinski definition) is 2. The normalized spacial score (nSPS) is 19.1. The molecule has 1 aliphatic carbocycles. The fourth-order valence-electron chi connectivity index (χ4n) is 3.71. The van der Waals surface area contributed by atoms with Crippen LogP contribution < -0.4 is 4.90 Å². The first-order valence-electron chi connectivity index (χ1n) is 8.97. The fraction of sp³-hybridized carbons (Fsp3) is 0.333. The van der Waals surface area contributed by atoms with Crippen LogP contribution in [0.1, 0.15) is 43.2 Å². The first kappa shape index (κ1) is 17.5. The Balaban J connectivity index is 1.54. The lowest BCUT2D eigenvalue weighted by Gasteiger charge is -2.22. The number of halogens is 1. The van der Waals surface area contributed by atoms with Crippen LogP contribution in [0.25, 0.3) is 10.9 Å². The van der Waals surface area contributed by atoms with Gasteiger partial charge >= 0.3 is 0 Å². The smallest absolute Gasteiger partial charge is 0.230 e. The fourth-order valence-corrected chi connectivity index (χ4v) is 4.29. The van der Waals surface area contributed by atoms with Crippen LogP contribution in [0.15, 0.2) is 42.5 Å². The molecule has 1 heterocycles. The van der Waals surface area contributed by atoms with Gasteiger partial charge in [-0.25, -0.2) is 0 Å². The van der Waals surface area contributed by atoms with E-state index in [1.165, 1.54) is 11.1 Å². The molecule has 0 saturated heterocycles. The molecule has 1 aliphatic rings. The Labute approximate surface area is 167 Å². The second-order valence-electron chi connectivity index (χ2n) is 7.37. The van der Waals surface area contributed by atoms with E-state index >= 15 is 0 Å². The topological polar surface area (TPSA) is 49.0 Å². The molecule has 3 aromatic rings. The average molecular weight is 459 g/mol. The summed E-state index contributed by atoms with van der Waals surface area (Å²) >= 11 is 2.26. The van der Waals surface area contributed by atoms with Crippen LogP contribution >= 0.6 is 22.6 Å². The van der Waals surface area contributed by atoms with Gasteiger partial charge < -0.3 is 4.90 Å². The van der Waals surface area contributed by atoms with E-state index in [9.17, 15) is 4.79 Å². The number of benzene rings is 2. The summed E-state index contributed by atoms with van der Waals surface area (Å²) in [5, 5.41) is 8.50. The third-order valence-electron chi connectivity index (χ3n) is 5.32. The van der Waals surface area contributed by atoms with Gasteiger partial charge in [-0.05, 0) is 70.2 Å². The number of rotatable bonds is 4. The molecule has 1 fully saturated rings. The number of amides is 1. The number of carbonyl (C=O) groups excluding carboxylic acids is 1. The molecule has 1 N–H and O–H groups in total. The number of nitrogens with zero attached hydrogens (tertiary/aromatic N) is 2. The number of aromatic amines is 1. The Kier molecular flexibility index (Phi) is 4.50. The molecule has 1 saturated carbocycles. The van der Waals surface area contributed by atoms with Gasteiger partial charge in [0.05, 0.1) is 5.52 Å². The lowest BCUT2D eigenvalue weighted by atomic mass is 10.00. The zero-order chi connectivity index (χ0) is 18.4. The Morgan fingerprint density at radius 3 is 2.81 bits per heavy atom. The molecule has 134 valence electrons. The minimum atomic E-state index is 0.0654. The summed E-state index contributed by atoms with van der Waals surface area (Å²) in [7, 11) is 1.90. The average Bonchev–Trinajstić information content (AvgIpc) is 3.37. The van der Waals surface area contributed by atoms with Gasteiger partial charge in [-0.3, -0.25) is 9.89 Å². The van der Waals surface area contributed by atoms with Gasteiger partial charge in [-0.15, -0.1) is 0 Å². The summed E-state index contributed by atoms with van der Waals surface area (Å²) in [6, 6.07) is 14.6. The molecule has 1 aromatic heterocycles. The van der Waals surface area contributed by atoms with Crippen LogP contribution in [-0.2, 0) is 4.79 Å². The van der Waals surface area contributed by atoms with Crippen molar-refractivity contribution in [2.45, 2.75) is 32.1 Å². The Morgan fingerprint density at radius 1 is 1.27 bits per heavy atom. The maximum atomic E-state index is 13.0. The number of anilines is 1. The minimum absolute atomic E-state index is 0.0654. The van der Waals surface area contributed by atoms with Crippen molar-refractivity contribution in [3.05, 3.63) is 57.3 Å². The number of nitrogens with one attached hydrogen (secondary N) is 1. The van der Waals surface area contributed by atoms with Gasteiger partial charge in [-0.1, -0.05) is 38.1 Å². The summed E-state index contributed by atoms with van der Waals surface area (Å²) in [6.45, 7) is 4.33. The summed E-state index contributed by atoms with van der Waals surface area (Å²) in [5.41, 5.74) is 4.43.